The van der Waals surface area contributed by atoms with Gasteiger partial charge in [0.05, 0.1) is 35.7 Å². The highest BCUT2D eigenvalue weighted by Gasteiger charge is 2.11. The van der Waals surface area contributed by atoms with Gasteiger partial charge in [0, 0.05) is 12.4 Å². The summed E-state index contributed by atoms with van der Waals surface area (Å²) in [5.74, 6) is 1.56. The van der Waals surface area contributed by atoms with Crippen LogP contribution in [0.3, 0.4) is 0 Å². The Kier molecular flexibility index (Phi) is 23.9. The summed E-state index contributed by atoms with van der Waals surface area (Å²) in [5, 5.41) is 0. The van der Waals surface area contributed by atoms with Gasteiger partial charge in [0.15, 0.2) is 0 Å². The normalized spacial score (nSPS) is 11.3. The molecule has 5 rings (SSSR count). The summed E-state index contributed by atoms with van der Waals surface area (Å²) in [7, 11) is 0. The number of ether oxygens (including phenoxy) is 4. The van der Waals surface area contributed by atoms with Gasteiger partial charge in [-0.25, -0.2) is 9.59 Å². The minimum absolute atomic E-state index is 0.424. The molecule has 0 unspecified atom stereocenters. The van der Waals surface area contributed by atoms with Crippen LogP contribution in [0.5, 0.6) is 23.0 Å². The lowest BCUT2D eigenvalue weighted by molar-refractivity contribution is 0.0725. The van der Waals surface area contributed by atoms with E-state index < -0.39 is 11.9 Å². The molecule has 0 N–H and O–H groups in total. The van der Waals surface area contributed by atoms with Crippen molar-refractivity contribution in [3.8, 4) is 23.0 Å². The van der Waals surface area contributed by atoms with Crippen molar-refractivity contribution < 1.29 is 28.5 Å². The minimum atomic E-state index is -0.424. The van der Waals surface area contributed by atoms with Crippen LogP contribution >= 0.6 is 0 Å². The smallest absolute Gasteiger partial charge is 0.343 e. The Bertz CT molecular complexity index is 1990. The third kappa shape index (κ3) is 20.4. The molecule has 8 nitrogen and oxygen atoms in total. The Labute approximate surface area is 394 Å². The summed E-state index contributed by atoms with van der Waals surface area (Å²) >= 11 is 0. The van der Waals surface area contributed by atoms with Gasteiger partial charge < -0.3 is 18.9 Å². The Hall–Kier alpha value is -6.02. The number of aliphatic imine (C=N–C) groups is 2. The summed E-state index contributed by atoms with van der Waals surface area (Å²) in [6.45, 7) is 5.88. The van der Waals surface area contributed by atoms with Gasteiger partial charge in [-0.1, -0.05) is 154 Å². The average Bonchev–Trinajstić information content (AvgIpc) is 3.35. The van der Waals surface area contributed by atoms with Crippen LogP contribution in [0.2, 0.25) is 0 Å². The van der Waals surface area contributed by atoms with E-state index >= 15 is 0 Å². The van der Waals surface area contributed by atoms with E-state index in [9.17, 15) is 9.59 Å². The van der Waals surface area contributed by atoms with Crippen molar-refractivity contribution in [3.63, 3.8) is 0 Å². The number of nitrogens with zero attached hydrogens (tertiary/aromatic N) is 2. The molecule has 0 heterocycles. The molecule has 5 aromatic carbocycles. The lowest BCUT2D eigenvalue weighted by Crippen LogP contribution is -2.08. The van der Waals surface area contributed by atoms with E-state index in [4.69, 9.17) is 18.9 Å². The Morgan fingerprint density at radius 1 is 0.364 bits per heavy atom. The fourth-order valence-corrected chi connectivity index (χ4v) is 7.43. The molecule has 0 saturated carbocycles. The van der Waals surface area contributed by atoms with E-state index in [1.165, 1.54) is 116 Å². The van der Waals surface area contributed by atoms with Crippen LogP contribution in [-0.4, -0.2) is 37.6 Å². The van der Waals surface area contributed by atoms with E-state index in [2.05, 4.69) is 23.8 Å². The molecule has 350 valence electrons. The zero-order valence-corrected chi connectivity index (χ0v) is 39.6. The second kappa shape index (κ2) is 31.0. The van der Waals surface area contributed by atoms with Crippen molar-refractivity contribution in [3.05, 3.63) is 144 Å². The summed E-state index contributed by atoms with van der Waals surface area (Å²) in [4.78, 5) is 34.7. The molecule has 0 atom stereocenters. The molecule has 0 radical (unpaired) electrons. The molecule has 8 heteroatoms. The van der Waals surface area contributed by atoms with Crippen molar-refractivity contribution in [2.45, 2.75) is 142 Å². The quantitative estimate of drug-likeness (QED) is 0.0185. The second-order valence-electron chi connectivity index (χ2n) is 17.1. The number of carbonyl (C=O) groups is 2. The standard InChI is InChI=1S/C58H72N2O6/c1-3-5-7-9-11-13-15-17-19-21-43-63-53-35-27-49(28-36-53)57(61)65-55-39-31-51(32-40-55)59-45-47-23-25-48(26-24-47)46-60-52-33-41-56(42-34-52)66-58(62)50-29-37-54(38-30-50)64-44-22-20-18-16-14-12-10-8-6-4-2/h23-42,45-46H,3-22,43-44H2,1-2H3. The summed E-state index contributed by atoms with van der Waals surface area (Å²) in [5.41, 5.74) is 4.25. The molecule has 0 amide bonds. The van der Waals surface area contributed by atoms with Crippen LogP contribution < -0.4 is 18.9 Å². The molecular weight excluding hydrogens is 821 g/mol. The molecular formula is C58H72N2O6. The van der Waals surface area contributed by atoms with Gasteiger partial charge in [0.1, 0.15) is 23.0 Å². The van der Waals surface area contributed by atoms with Gasteiger partial charge in [0.25, 0.3) is 0 Å². The van der Waals surface area contributed by atoms with Gasteiger partial charge in [-0.2, -0.15) is 0 Å². The van der Waals surface area contributed by atoms with E-state index in [0.717, 1.165) is 46.8 Å². The largest absolute Gasteiger partial charge is 0.494 e. The first-order valence-corrected chi connectivity index (χ1v) is 24.8. The zero-order valence-electron chi connectivity index (χ0n) is 39.6. The number of hydrogen-bond acceptors (Lipinski definition) is 8. The van der Waals surface area contributed by atoms with E-state index in [1.807, 2.05) is 72.8 Å². The first-order chi connectivity index (χ1) is 32.5. The van der Waals surface area contributed by atoms with Crippen LogP contribution in [0.1, 0.15) is 174 Å². The van der Waals surface area contributed by atoms with Crippen molar-refractivity contribution in [1.82, 2.24) is 0 Å². The maximum absolute atomic E-state index is 12.8. The molecule has 0 spiro atoms. The third-order valence-electron chi connectivity index (χ3n) is 11.5. The number of unbranched alkanes of at least 4 members (excludes halogenated alkanes) is 18. The van der Waals surface area contributed by atoms with Gasteiger partial charge in [-0.05, 0) is 121 Å². The average molecular weight is 893 g/mol. The van der Waals surface area contributed by atoms with Gasteiger partial charge in [-0.15, -0.1) is 0 Å². The summed E-state index contributed by atoms with van der Waals surface area (Å²) in [6.07, 6.45) is 29.3. The van der Waals surface area contributed by atoms with Crippen molar-refractivity contribution in [2.75, 3.05) is 13.2 Å². The molecule has 5 aromatic rings. The van der Waals surface area contributed by atoms with E-state index in [-0.39, 0.29) is 0 Å². The fraction of sp³-hybridized carbons (Fsp3) is 0.414. The van der Waals surface area contributed by atoms with Crippen LogP contribution in [0.25, 0.3) is 0 Å². The number of carbonyl (C=O) groups excluding carboxylic acids is 2. The van der Waals surface area contributed by atoms with Crippen LogP contribution in [0, 0.1) is 0 Å². The van der Waals surface area contributed by atoms with Crippen molar-refractivity contribution in [2.24, 2.45) is 9.98 Å². The van der Waals surface area contributed by atoms with Crippen LogP contribution in [0.4, 0.5) is 11.4 Å². The first-order valence-electron chi connectivity index (χ1n) is 24.8. The number of hydrogen-bond donors (Lipinski definition) is 0. The highest BCUT2D eigenvalue weighted by atomic mass is 16.5. The fourth-order valence-electron chi connectivity index (χ4n) is 7.43. The Balaban J connectivity index is 0.949. The maximum atomic E-state index is 12.8. The lowest BCUT2D eigenvalue weighted by Gasteiger charge is -2.08. The first kappa shape index (κ1) is 51.0. The molecule has 0 fully saturated rings. The highest BCUT2D eigenvalue weighted by molar-refractivity contribution is 5.92. The Morgan fingerprint density at radius 2 is 0.652 bits per heavy atom. The summed E-state index contributed by atoms with van der Waals surface area (Å²) < 4.78 is 23.0. The Morgan fingerprint density at radius 3 is 0.970 bits per heavy atom. The van der Waals surface area contributed by atoms with Crippen molar-refractivity contribution in [1.29, 1.82) is 0 Å². The van der Waals surface area contributed by atoms with Crippen LogP contribution in [-0.2, 0) is 0 Å². The lowest BCUT2D eigenvalue weighted by atomic mass is 10.1. The van der Waals surface area contributed by atoms with E-state index in [1.54, 1.807) is 61.0 Å². The molecule has 0 bridgehead atoms. The molecule has 0 aliphatic carbocycles. The highest BCUT2D eigenvalue weighted by Crippen LogP contribution is 2.23. The number of rotatable bonds is 32. The monoisotopic (exact) mass is 893 g/mol. The third-order valence-corrected chi connectivity index (χ3v) is 11.5. The van der Waals surface area contributed by atoms with E-state index in [0.29, 0.717) is 35.8 Å². The molecule has 66 heavy (non-hydrogen) atoms. The molecule has 0 saturated heterocycles. The zero-order chi connectivity index (χ0) is 46.3. The molecule has 0 aliphatic heterocycles. The second-order valence-corrected chi connectivity index (χ2v) is 17.1. The summed E-state index contributed by atoms with van der Waals surface area (Å²) in [6, 6.07) is 36.3. The molecule has 0 aliphatic rings. The SMILES string of the molecule is CCCCCCCCCCCCOc1ccc(C(=O)Oc2ccc(N=Cc3ccc(C=Nc4ccc(OC(=O)c5ccc(OCCCCCCCCCCCC)cc5)cc4)cc3)cc2)cc1. The van der Waals surface area contributed by atoms with Crippen molar-refractivity contribution >= 4 is 35.7 Å². The van der Waals surface area contributed by atoms with Gasteiger partial charge in [-0.3, -0.25) is 9.98 Å². The van der Waals surface area contributed by atoms with Gasteiger partial charge in [0.2, 0.25) is 0 Å². The number of benzene rings is 5. The topological polar surface area (TPSA) is 95.8 Å². The van der Waals surface area contributed by atoms with Crippen LogP contribution in [0.15, 0.2) is 131 Å². The minimum Gasteiger partial charge on any atom is -0.494 e. The number of esters is 2. The predicted molar refractivity (Wildman–Crippen MR) is 271 cm³/mol. The molecule has 0 aromatic heterocycles. The van der Waals surface area contributed by atoms with Gasteiger partial charge >= 0.3 is 11.9 Å². The predicted octanol–water partition coefficient (Wildman–Crippen LogP) is 16.2. The maximum Gasteiger partial charge on any atom is 0.343 e.